The minimum Gasteiger partial charge on any atom is -0.256 e. The standard InChI is InChI=1S/C25H22NS.C23H19N2S.2C22H17N2S/c1-15-9-11-19(16(2)13-15)23-25-22(17(3)14-26(23)4)21-12-10-18-7-5-6-8-20(18)24(21)27-25;1-14-8-4-6-10-17(14)21-23-19(15(2)13-25(21)3)20-22(26-23)18-11-7-5-9-16(18)12-24-20;1-14-7-3-5-9-16(14)20-22-18(11-12-24(20)2)19-21(25-22)17-10-6-4-8-15(17)13-23-19;1-14-6-3-4-7-15(14)20-22-17(11-13-24(20)2)16-9-10-19-18(21(16)25-22)8-5-12-23-19/h5-14H,1-4H3;4-13H,1-3H3;2*3-13H,1-2H3/q4*+1/i1D3,3D3;2D3;;. The minimum absolute atomic E-state index is 0.295. The molecule has 11 aromatic heterocycles. The van der Waals surface area contributed by atoms with Crippen molar-refractivity contribution in [2.24, 2.45) is 28.2 Å². The van der Waals surface area contributed by atoms with Crippen molar-refractivity contribution in [2.45, 2.75) is 48.3 Å². The Kier molecular flexibility index (Phi) is 14.3. The molecular formula is C92H75N7S4+4. The molecule has 0 amide bonds. The summed E-state index contributed by atoms with van der Waals surface area (Å²) in [6, 6.07) is 72.4. The molecule has 0 aliphatic carbocycles. The third-order valence-electron chi connectivity index (χ3n) is 20.0. The van der Waals surface area contributed by atoms with Crippen molar-refractivity contribution in [1.82, 2.24) is 15.0 Å². The molecule has 0 atom stereocenters. The van der Waals surface area contributed by atoms with Gasteiger partial charge in [0, 0.05) is 123 Å². The molecule has 0 spiro atoms. The minimum atomic E-state index is -2.27. The fourth-order valence-corrected chi connectivity index (χ4v) is 20.6. The van der Waals surface area contributed by atoms with Gasteiger partial charge in [0.2, 0.25) is 22.8 Å². The number of pyridine rings is 7. The SMILES string of the molecule is Cc1ccccc1-c1c2sc3c4ccccc4cnc3c2cc[n+]1C.Cc1ccccc1-c1c2sc3c4cccnc4ccc3c2cc[n+]1C.[2H]C([2H])([2H])c1c[n+](C)c(-c2ccccc2C)c2sc3c4ccccc4cnc3c12.[2H]C([2H])([2H])c1ccc(-c2c3sc4c5ccccc5ccc4c3c(C([2H])([2H])[2H])c[n+]2C)c(C)c1. The molecule has 498 valence electrons. The number of nitrogens with zero attached hydrogens (tertiary/aromatic N) is 7. The second-order valence-electron chi connectivity index (χ2n) is 26.6. The lowest BCUT2D eigenvalue weighted by atomic mass is 9.99. The van der Waals surface area contributed by atoms with Crippen LogP contribution in [0.15, 0.2) is 256 Å². The second kappa shape index (κ2) is 26.4. The van der Waals surface area contributed by atoms with Crippen molar-refractivity contribution in [3.05, 3.63) is 295 Å². The number of rotatable bonds is 4. The van der Waals surface area contributed by atoms with Gasteiger partial charge in [-0.2, -0.15) is 18.3 Å². The maximum atomic E-state index is 8.20. The molecular weight excluding hydrogens is 1330 g/mol. The monoisotopic (exact) mass is 1410 g/mol. The largest absolute Gasteiger partial charge is 0.256 e. The van der Waals surface area contributed by atoms with E-state index in [-0.39, 0.29) is 0 Å². The number of hydrogen-bond acceptors (Lipinski definition) is 7. The topological polar surface area (TPSA) is 54.2 Å². The van der Waals surface area contributed by atoms with Crippen LogP contribution in [0.5, 0.6) is 0 Å². The van der Waals surface area contributed by atoms with Gasteiger partial charge in [0.1, 0.15) is 47.0 Å². The van der Waals surface area contributed by atoms with E-state index in [1.54, 1.807) is 47.2 Å². The quantitative estimate of drug-likeness (QED) is 0.165. The molecule has 11 heteroatoms. The van der Waals surface area contributed by atoms with E-state index in [0.717, 1.165) is 107 Å². The van der Waals surface area contributed by atoms with E-state index in [1.165, 1.54) is 84.8 Å². The summed E-state index contributed by atoms with van der Waals surface area (Å²) in [5.41, 5.74) is 17.5. The predicted octanol–water partition coefficient (Wildman–Crippen LogP) is 23.1. The van der Waals surface area contributed by atoms with E-state index >= 15 is 0 Å². The van der Waals surface area contributed by atoms with Crippen LogP contribution in [0.25, 0.3) is 169 Å². The zero-order valence-electron chi connectivity index (χ0n) is 67.0. The Morgan fingerprint density at radius 3 is 1.35 bits per heavy atom. The van der Waals surface area contributed by atoms with Crippen LogP contribution in [-0.2, 0) is 28.2 Å². The van der Waals surface area contributed by atoms with Gasteiger partial charge < -0.3 is 0 Å². The summed E-state index contributed by atoms with van der Waals surface area (Å²) in [5, 5.41) is 14.4. The third-order valence-corrected chi connectivity index (χ3v) is 25.0. The number of hydrogen-bond donors (Lipinski definition) is 0. The van der Waals surface area contributed by atoms with Crippen molar-refractivity contribution >= 4 is 170 Å². The van der Waals surface area contributed by atoms with E-state index in [2.05, 4.69) is 195 Å². The van der Waals surface area contributed by atoms with Crippen LogP contribution in [0.3, 0.4) is 0 Å². The smallest absolute Gasteiger partial charge is 0.230 e. The number of aryl methyl sites for hydroxylation is 11. The highest BCUT2D eigenvalue weighted by Crippen LogP contribution is 2.47. The van der Waals surface area contributed by atoms with Crippen molar-refractivity contribution in [3.8, 4) is 45.0 Å². The van der Waals surface area contributed by atoms with Crippen molar-refractivity contribution in [2.75, 3.05) is 0 Å². The van der Waals surface area contributed by atoms with Crippen molar-refractivity contribution in [1.29, 1.82) is 0 Å². The molecule has 7 nitrogen and oxygen atoms in total. The molecule has 20 aromatic rings. The molecule has 0 N–H and O–H groups in total. The maximum Gasteiger partial charge on any atom is 0.230 e. The van der Waals surface area contributed by atoms with Gasteiger partial charge in [-0.1, -0.05) is 163 Å². The van der Waals surface area contributed by atoms with E-state index in [9.17, 15) is 0 Å². The molecule has 20 rings (SSSR count). The van der Waals surface area contributed by atoms with Gasteiger partial charge in [-0.05, 0) is 124 Å². The molecule has 0 saturated heterocycles. The zero-order chi connectivity index (χ0) is 78.0. The molecule has 0 fully saturated rings. The zero-order valence-corrected chi connectivity index (χ0v) is 61.3. The summed E-state index contributed by atoms with van der Waals surface area (Å²) in [6.07, 6.45) is 13.5. The molecule has 11 heterocycles. The van der Waals surface area contributed by atoms with E-state index < -0.39 is 20.6 Å². The lowest BCUT2D eigenvalue weighted by Crippen LogP contribution is -2.31. The molecule has 0 saturated carbocycles. The molecule has 0 radical (unpaired) electrons. The Morgan fingerprint density at radius 1 is 0.301 bits per heavy atom. The number of aromatic nitrogens is 7. The first kappa shape index (κ1) is 55.6. The second-order valence-corrected chi connectivity index (χ2v) is 30.6. The maximum absolute atomic E-state index is 8.20. The van der Waals surface area contributed by atoms with Gasteiger partial charge in [-0.25, -0.2) is 0 Å². The third kappa shape index (κ3) is 11.2. The highest BCUT2D eigenvalue weighted by atomic mass is 32.1. The Morgan fingerprint density at radius 2 is 0.748 bits per heavy atom. The summed E-state index contributed by atoms with van der Waals surface area (Å²) in [5.74, 6) is 0. The van der Waals surface area contributed by atoms with E-state index in [4.69, 9.17) is 22.3 Å². The number of benzene rings is 9. The van der Waals surface area contributed by atoms with Crippen LogP contribution in [0, 0.1) is 48.3 Å². The Labute approximate surface area is 627 Å². The molecule has 0 aliphatic rings. The van der Waals surface area contributed by atoms with Crippen LogP contribution in [0.4, 0.5) is 0 Å². The molecule has 0 unspecified atom stereocenters. The van der Waals surface area contributed by atoms with Crippen molar-refractivity contribution < 1.29 is 30.6 Å². The highest BCUT2D eigenvalue weighted by Gasteiger charge is 2.28. The Balaban J connectivity index is 0.000000109. The molecule has 0 aliphatic heterocycles. The number of thiophene rings is 4. The Hall–Kier alpha value is -11.1. The lowest BCUT2D eigenvalue weighted by Gasteiger charge is -2.08. The lowest BCUT2D eigenvalue weighted by molar-refractivity contribution is -0.659. The van der Waals surface area contributed by atoms with Gasteiger partial charge in [0.05, 0.1) is 48.2 Å². The highest BCUT2D eigenvalue weighted by molar-refractivity contribution is 7.28. The van der Waals surface area contributed by atoms with Crippen LogP contribution < -0.4 is 18.3 Å². The van der Waals surface area contributed by atoms with Gasteiger partial charge in [0.25, 0.3) is 0 Å². The van der Waals surface area contributed by atoms with Gasteiger partial charge in [-0.3, -0.25) is 15.0 Å². The van der Waals surface area contributed by atoms with E-state index in [1.807, 2.05) is 138 Å². The summed E-state index contributed by atoms with van der Waals surface area (Å²) >= 11 is 6.95. The molecule has 9 aromatic carbocycles. The first-order chi connectivity index (χ1) is 53.8. The Bertz CT molecular complexity index is 7030. The average molecular weight is 1420 g/mol. The molecule has 103 heavy (non-hydrogen) atoms. The summed E-state index contributed by atoms with van der Waals surface area (Å²) < 4.78 is 89.7. The molecule has 0 bridgehead atoms. The first-order valence-electron chi connectivity index (χ1n) is 38.7. The predicted molar refractivity (Wildman–Crippen MR) is 440 cm³/mol. The summed E-state index contributed by atoms with van der Waals surface area (Å²) in [6.45, 7) is 1.67. The van der Waals surface area contributed by atoms with Gasteiger partial charge >= 0.3 is 0 Å². The van der Waals surface area contributed by atoms with E-state index in [0.29, 0.717) is 16.7 Å². The van der Waals surface area contributed by atoms with Crippen LogP contribution in [0.2, 0.25) is 0 Å². The number of fused-ring (bicyclic) bond motifs is 20. The normalized spacial score (nSPS) is 13.3. The van der Waals surface area contributed by atoms with Crippen LogP contribution in [-0.4, -0.2) is 15.0 Å². The van der Waals surface area contributed by atoms with Gasteiger partial charge in [-0.15, -0.1) is 45.3 Å². The first-order valence-corrected chi connectivity index (χ1v) is 37.4. The summed E-state index contributed by atoms with van der Waals surface area (Å²) in [7, 11) is 8.03. The van der Waals surface area contributed by atoms with Gasteiger partial charge in [0.15, 0.2) is 24.8 Å². The fraction of sp³-hybridized carbons (Fsp3) is 0.120. The summed E-state index contributed by atoms with van der Waals surface area (Å²) in [4.78, 5) is 14.0. The van der Waals surface area contributed by atoms with Crippen LogP contribution >= 0.6 is 45.3 Å². The fourth-order valence-electron chi connectivity index (χ4n) is 15.0. The van der Waals surface area contributed by atoms with Crippen molar-refractivity contribution in [3.63, 3.8) is 0 Å². The average Bonchev–Trinajstić information content (AvgIpc) is 1.57. The van der Waals surface area contributed by atoms with Crippen LogP contribution in [0.1, 0.15) is 51.3 Å².